The Hall–Kier alpha value is -3.55. The van der Waals surface area contributed by atoms with Gasteiger partial charge in [-0.2, -0.15) is 0 Å². The van der Waals surface area contributed by atoms with Crippen molar-refractivity contribution in [3.63, 3.8) is 0 Å². The van der Waals surface area contributed by atoms with Crippen LogP contribution in [0.1, 0.15) is 38.0 Å². The predicted octanol–water partition coefficient (Wildman–Crippen LogP) is 1.41. The first-order valence-corrected chi connectivity index (χ1v) is 6.90. The van der Waals surface area contributed by atoms with E-state index in [1.807, 2.05) is 0 Å². The number of fused-ring (bicyclic) bond motifs is 1. The van der Waals surface area contributed by atoms with Crippen molar-refractivity contribution < 1.29 is 24.0 Å². The van der Waals surface area contributed by atoms with Gasteiger partial charge in [0.2, 0.25) is 5.91 Å². The maximum atomic E-state index is 12.3. The maximum Gasteiger partial charge on any atom is 0.366 e. The average Bonchev–Trinajstić information content (AvgIpc) is 2.80. The quantitative estimate of drug-likeness (QED) is 0.855. The molecule has 0 aliphatic carbocycles. The molecule has 0 radical (unpaired) electrons. The molecular weight excluding hydrogens is 314 g/mol. The number of imide groups is 1. The molecule has 120 valence electrons. The summed E-state index contributed by atoms with van der Waals surface area (Å²) in [6, 6.07) is 7.46. The summed E-state index contributed by atoms with van der Waals surface area (Å²) in [7, 11) is 0. The lowest BCUT2D eigenvalue weighted by Crippen LogP contribution is -2.33. The molecule has 1 aromatic carbocycles. The van der Waals surface area contributed by atoms with E-state index in [0.29, 0.717) is 5.06 Å². The summed E-state index contributed by atoms with van der Waals surface area (Å²) in [4.78, 5) is 56.6. The summed E-state index contributed by atoms with van der Waals surface area (Å²) in [6.07, 6.45) is 2.59. The zero-order valence-electron chi connectivity index (χ0n) is 12.5. The lowest BCUT2D eigenvalue weighted by molar-refractivity contribution is -0.114. The minimum Gasteiger partial charge on any atom is -0.324 e. The van der Waals surface area contributed by atoms with Gasteiger partial charge in [0.15, 0.2) is 0 Å². The van der Waals surface area contributed by atoms with Crippen molar-refractivity contribution in [1.82, 2.24) is 10.0 Å². The van der Waals surface area contributed by atoms with E-state index in [2.05, 4.69) is 10.3 Å². The number of pyridine rings is 1. The molecule has 3 rings (SSSR count). The van der Waals surface area contributed by atoms with Crippen LogP contribution in [0.15, 0.2) is 42.7 Å². The van der Waals surface area contributed by atoms with E-state index >= 15 is 0 Å². The van der Waals surface area contributed by atoms with E-state index in [9.17, 15) is 19.2 Å². The Balaban J connectivity index is 1.86. The van der Waals surface area contributed by atoms with Crippen molar-refractivity contribution in [2.45, 2.75) is 6.92 Å². The molecule has 8 heteroatoms. The molecule has 0 atom stereocenters. The molecular formula is C16H11N3O5. The van der Waals surface area contributed by atoms with Crippen LogP contribution in [0.25, 0.3) is 0 Å². The van der Waals surface area contributed by atoms with Gasteiger partial charge in [-0.1, -0.05) is 17.2 Å². The standard InChI is InChI=1S/C16H11N3O5/c1-9(20)18-13-8-17-7-6-12(13)16(23)24-19-14(21)10-4-2-3-5-11(10)15(19)22/h2-8H,1H3,(H,18,20). The first kappa shape index (κ1) is 15.3. The summed E-state index contributed by atoms with van der Waals surface area (Å²) in [6.45, 7) is 1.27. The van der Waals surface area contributed by atoms with Gasteiger partial charge in [0.25, 0.3) is 11.8 Å². The summed E-state index contributed by atoms with van der Waals surface area (Å²) >= 11 is 0. The van der Waals surface area contributed by atoms with Crippen LogP contribution in [0.2, 0.25) is 0 Å². The highest BCUT2D eigenvalue weighted by molar-refractivity contribution is 6.21. The summed E-state index contributed by atoms with van der Waals surface area (Å²) in [5.74, 6) is -2.81. The second-order valence-electron chi connectivity index (χ2n) is 4.93. The van der Waals surface area contributed by atoms with Crippen LogP contribution in [-0.2, 0) is 9.63 Å². The highest BCUT2D eigenvalue weighted by atomic mass is 16.7. The minimum atomic E-state index is -0.962. The monoisotopic (exact) mass is 325 g/mol. The van der Waals surface area contributed by atoms with Gasteiger partial charge in [-0.05, 0) is 18.2 Å². The zero-order chi connectivity index (χ0) is 17.3. The normalized spacial score (nSPS) is 12.8. The fraction of sp³-hybridized carbons (Fsp3) is 0.0625. The van der Waals surface area contributed by atoms with Gasteiger partial charge in [0, 0.05) is 13.1 Å². The van der Waals surface area contributed by atoms with Gasteiger partial charge in [-0.3, -0.25) is 19.4 Å². The largest absolute Gasteiger partial charge is 0.366 e. The number of amides is 3. The van der Waals surface area contributed by atoms with Gasteiger partial charge >= 0.3 is 5.97 Å². The van der Waals surface area contributed by atoms with E-state index in [0.717, 1.165) is 0 Å². The van der Waals surface area contributed by atoms with Gasteiger partial charge in [-0.25, -0.2) is 4.79 Å². The third kappa shape index (κ3) is 2.60. The molecule has 1 N–H and O–H groups in total. The number of rotatable bonds is 3. The molecule has 24 heavy (non-hydrogen) atoms. The Labute approximate surface area is 136 Å². The number of carbonyl (C=O) groups is 4. The Kier molecular flexibility index (Phi) is 3.78. The number of benzene rings is 1. The molecule has 0 spiro atoms. The number of nitrogens with zero attached hydrogens (tertiary/aromatic N) is 2. The van der Waals surface area contributed by atoms with Crippen molar-refractivity contribution in [1.29, 1.82) is 0 Å². The molecule has 2 aromatic rings. The van der Waals surface area contributed by atoms with Crippen LogP contribution in [0.3, 0.4) is 0 Å². The molecule has 0 saturated carbocycles. The molecule has 0 fully saturated rings. The summed E-state index contributed by atoms with van der Waals surface area (Å²) in [5, 5.41) is 2.84. The van der Waals surface area contributed by atoms with Crippen LogP contribution in [0, 0.1) is 0 Å². The Bertz CT molecular complexity index is 843. The molecule has 0 bridgehead atoms. The van der Waals surface area contributed by atoms with E-state index in [4.69, 9.17) is 4.84 Å². The highest BCUT2D eigenvalue weighted by Gasteiger charge is 2.39. The molecule has 0 saturated heterocycles. The number of carbonyl (C=O) groups excluding carboxylic acids is 4. The lowest BCUT2D eigenvalue weighted by Gasteiger charge is -2.14. The zero-order valence-corrected chi connectivity index (χ0v) is 12.5. The van der Waals surface area contributed by atoms with Crippen LogP contribution in [-0.4, -0.2) is 33.7 Å². The molecule has 3 amide bonds. The highest BCUT2D eigenvalue weighted by Crippen LogP contribution is 2.24. The molecule has 0 unspecified atom stereocenters. The van der Waals surface area contributed by atoms with Gasteiger partial charge in [0.05, 0.1) is 28.6 Å². The lowest BCUT2D eigenvalue weighted by atomic mass is 10.1. The molecule has 8 nitrogen and oxygen atoms in total. The number of nitrogens with one attached hydrogen (secondary N) is 1. The Morgan fingerprint density at radius 2 is 1.71 bits per heavy atom. The van der Waals surface area contributed by atoms with E-state index in [-0.39, 0.29) is 22.4 Å². The Morgan fingerprint density at radius 3 is 2.29 bits per heavy atom. The van der Waals surface area contributed by atoms with Gasteiger partial charge in [0.1, 0.15) is 0 Å². The summed E-state index contributed by atoms with van der Waals surface area (Å²) in [5.41, 5.74) is 0.405. The van der Waals surface area contributed by atoms with Crippen molar-refractivity contribution in [3.05, 3.63) is 59.4 Å². The topological polar surface area (TPSA) is 106 Å². The fourth-order valence-corrected chi connectivity index (χ4v) is 2.24. The molecule has 1 aliphatic heterocycles. The fourth-order valence-electron chi connectivity index (χ4n) is 2.24. The Morgan fingerprint density at radius 1 is 1.08 bits per heavy atom. The minimum absolute atomic E-state index is 0.0308. The van der Waals surface area contributed by atoms with E-state index in [1.165, 1.54) is 37.5 Å². The summed E-state index contributed by atoms with van der Waals surface area (Å²) < 4.78 is 0. The smallest absolute Gasteiger partial charge is 0.324 e. The predicted molar refractivity (Wildman–Crippen MR) is 80.9 cm³/mol. The van der Waals surface area contributed by atoms with Crippen LogP contribution < -0.4 is 5.32 Å². The van der Waals surface area contributed by atoms with Crippen molar-refractivity contribution in [2.24, 2.45) is 0 Å². The average molecular weight is 325 g/mol. The van der Waals surface area contributed by atoms with Crippen LogP contribution in [0.4, 0.5) is 5.69 Å². The van der Waals surface area contributed by atoms with E-state index < -0.39 is 23.7 Å². The third-order valence-electron chi connectivity index (χ3n) is 3.28. The van der Waals surface area contributed by atoms with Crippen LogP contribution in [0.5, 0.6) is 0 Å². The number of aromatic nitrogens is 1. The molecule has 1 aliphatic rings. The second kappa shape index (κ2) is 5.92. The first-order valence-electron chi connectivity index (χ1n) is 6.90. The third-order valence-corrected chi connectivity index (χ3v) is 3.28. The van der Waals surface area contributed by atoms with Crippen molar-refractivity contribution in [2.75, 3.05) is 5.32 Å². The van der Waals surface area contributed by atoms with E-state index in [1.54, 1.807) is 12.1 Å². The number of anilines is 1. The van der Waals surface area contributed by atoms with Gasteiger partial charge in [-0.15, -0.1) is 0 Å². The van der Waals surface area contributed by atoms with Gasteiger partial charge < -0.3 is 10.2 Å². The van der Waals surface area contributed by atoms with Crippen molar-refractivity contribution >= 4 is 29.4 Å². The van der Waals surface area contributed by atoms with Crippen LogP contribution >= 0.6 is 0 Å². The number of hydroxylamine groups is 2. The SMILES string of the molecule is CC(=O)Nc1cnccc1C(=O)ON1C(=O)c2ccccc2C1=O. The number of hydrogen-bond acceptors (Lipinski definition) is 6. The molecule has 1 aromatic heterocycles. The van der Waals surface area contributed by atoms with Crippen molar-refractivity contribution in [3.8, 4) is 0 Å². The maximum absolute atomic E-state index is 12.3. The number of hydrogen-bond donors (Lipinski definition) is 1. The first-order chi connectivity index (χ1) is 11.5. The second-order valence-corrected chi connectivity index (χ2v) is 4.93. The molecule has 2 heterocycles.